The molecule has 0 aliphatic heterocycles. The molecule has 0 spiro atoms. The highest BCUT2D eigenvalue weighted by Crippen LogP contribution is 2.23. The number of hydrogen-bond acceptors (Lipinski definition) is 1. The fraction of sp³-hybridized carbons (Fsp3) is 0.407. The van der Waals surface area contributed by atoms with Crippen LogP contribution < -0.4 is 0 Å². The lowest BCUT2D eigenvalue weighted by molar-refractivity contribution is 0.0566. The molecule has 0 aromatic heterocycles. The number of unbranched alkanes of at least 4 members (excludes halogenated alkanes) is 3. The van der Waals surface area contributed by atoms with Crippen LogP contribution in [0.25, 0.3) is 17.2 Å². The molecule has 0 heterocycles. The zero-order valence-electron chi connectivity index (χ0n) is 18.0. The maximum atomic E-state index is 14.5. The highest BCUT2D eigenvalue weighted by Gasteiger charge is 2.04. The molecule has 29 heavy (non-hydrogen) atoms. The average molecular weight is 395 g/mol. The van der Waals surface area contributed by atoms with Gasteiger partial charge in [0.1, 0.15) is 5.82 Å². The number of halogens is 1. The fourth-order valence-electron chi connectivity index (χ4n) is 3.30. The van der Waals surface area contributed by atoms with Gasteiger partial charge in [-0.05, 0) is 61.8 Å². The fourth-order valence-corrected chi connectivity index (χ4v) is 3.30. The maximum Gasteiger partial charge on any atom is 0.131 e. The summed E-state index contributed by atoms with van der Waals surface area (Å²) in [6.07, 6.45) is 13.6. The zero-order valence-corrected chi connectivity index (χ0v) is 18.0. The van der Waals surface area contributed by atoms with Crippen molar-refractivity contribution in [1.29, 1.82) is 0 Å². The predicted octanol–water partition coefficient (Wildman–Crippen LogP) is 8.00. The summed E-state index contributed by atoms with van der Waals surface area (Å²) < 4.78 is 20.3. The molecular formula is C27H35FO. The van der Waals surface area contributed by atoms with Gasteiger partial charge in [0.15, 0.2) is 0 Å². The largest absolute Gasteiger partial charge is 0.379 e. The second-order valence-electron chi connectivity index (χ2n) is 7.65. The zero-order chi connectivity index (χ0) is 20.9. The Morgan fingerprint density at radius 3 is 2.48 bits per heavy atom. The molecule has 0 saturated carbocycles. The SMILES string of the molecule is C=CCc1ccc(-c2ccc(/C=C/CCCC(C)OCCCCC)c(F)c2)cc1. The summed E-state index contributed by atoms with van der Waals surface area (Å²) >= 11 is 0. The van der Waals surface area contributed by atoms with Gasteiger partial charge in [-0.2, -0.15) is 0 Å². The number of ether oxygens (including phenoxy) is 1. The van der Waals surface area contributed by atoms with Crippen molar-refractivity contribution in [3.63, 3.8) is 0 Å². The highest BCUT2D eigenvalue weighted by atomic mass is 19.1. The molecule has 0 radical (unpaired) electrons. The quantitative estimate of drug-likeness (QED) is 0.247. The van der Waals surface area contributed by atoms with Crippen molar-refractivity contribution in [2.24, 2.45) is 0 Å². The number of rotatable bonds is 13. The van der Waals surface area contributed by atoms with E-state index in [1.807, 2.05) is 36.4 Å². The summed E-state index contributed by atoms with van der Waals surface area (Å²) in [5.74, 6) is -0.179. The number of allylic oxidation sites excluding steroid dienone is 2. The van der Waals surface area contributed by atoms with E-state index in [2.05, 4.69) is 38.6 Å². The van der Waals surface area contributed by atoms with Crippen LogP contribution in [-0.4, -0.2) is 12.7 Å². The topological polar surface area (TPSA) is 9.23 Å². The van der Waals surface area contributed by atoms with Gasteiger partial charge in [0.05, 0.1) is 6.10 Å². The summed E-state index contributed by atoms with van der Waals surface area (Å²) in [7, 11) is 0. The van der Waals surface area contributed by atoms with Gasteiger partial charge in [-0.3, -0.25) is 0 Å². The van der Waals surface area contributed by atoms with E-state index in [0.717, 1.165) is 49.8 Å². The summed E-state index contributed by atoms with van der Waals surface area (Å²) in [5.41, 5.74) is 3.78. The lowest BCUT2D eigenvalue weighted by Crippen LogP contribution is -2.08. The molecule has 1 unspecified atom stereocenters. The molecule has 2 aromatic carbocycles. The van der Waals surface area contributed by atoms with Crippen LogP contribution in [0.5, 0.6) is 0 Å². The first-order valence-electron chi connectivity index (χ1n) is 10.9. The first-order valence-corrected chi connectivity index (χ1v) is 10.9. The van der Waals surface area contributed by atoms with Crippen molar-refractivity contribution in [3.8, 4) is 11.1 Å². The minimum Gasteiger partial charge on any atom is -0.379 e. The first-order chi connectivity index (χ1) is 14.1. The Kier molecular flexibility index (Phi) is 10.4. The van der Waals surface area contributed by atoms with Gasteiger partial charge in [0.25, 0.3) is 0 Å². The molecule has 0 saturated heterocycles. The van der Waals surface area contributed by atoms with E-state index in [9.17, 15) is 4.39 Å². The van der Waals surface area contributed by atoms with Crippen LogP contribution in [0.2, 0.25) is 0 Å². The summed E-state index contributed by atoms with van der Waals surface area (Å²) in [5, 5.41) is 0. The van der Waals surface area contributed by atoms with Crippen molar-refractivity contribution in [2.45, 2.75) is 64.9 Å². The summed E-state index contributed by atoms with van der Waals surface area (Å²) in [6, 6.07) is 13.7. The van der Waals surface area contributed by atoms with Crippen LogP contribution in [-0.2, 0) is 11.2 Å². The van der Waals surface area contributed by atoms with Gasteiger partial charge in [0.2, 0.25) is 0 Å². The molecule has 0 aliphatic carbocycles. The van der Waals surface area contributed by atoms with Crippen molar-refractivity contribution >= 4 is 6.08 Å². The van der Waals surface area contributed by atoms with Gasteiger partial charge in [-0.15, -0.1) is 6.58 Å². The molecule has 1 nitrogen and oxygen atoms in total. The third kappa shape index (κ3) is 8.37. The third-order valence-electron chi connectivity index (χ3n) is 5.10. The van der Waals surface area contributed by atoms with Crippen molar-refractivity contribution < 1.29 is 9.13 Å². The minimum atomic E-state index is -0.179. The van der Waals surface area contributed by atoms with Crippen molar-refractivity contribution in [1.82, 2.24) is 0 Å². The Bertz CT molecular complexity index is 761. The Labute approximate surface area is 176 Å². The van der Waals surface area contributed by atoms with Crippen molar-refractivity contribution in [3.05, 3.63) is 78.1 Å². The van der Waals surface area contributed by atoms with Gasteiger partial charge in [0, 0.05) is 12.2 Å². The van der Waals surface area contributed by atoms with E-state index in [0.29, 0.717) is 11.7 Å². The Morgan fingerprint density at radius 1 is 1.03 bits per heavy atom. The molecule has 156 valence electrons. The molecule has 1 atom stereocenters. The average Bonchev–Trinajstić information content (AvgIpc) is 2.73. The number of hydrogen-bond donors (Lipinski definition) is 0. The summed E-state index contributed by atoms with van der Waals surface area (Å²) in [6.45, 7) is 8.96. The molecule has 0 aliphatic rings. The van der Waals surface area contributed by atoms with Crippen LogP contribution in [0.15, 0.2) is 61.2 Å². The Morgan fingerprint density at radius 2 is 1.79 bits per heavy atom. The monoisotopic (exact) mass is 394 g/mol. The molecule has 0 N–H and O–H groups in total. The molecular weight excluding hydrogens is 359 g/mol. The Balaban J connectivity index is 1.80. The predicted molar refractivity (Wildman–Crippen MR) is 124 cm³/mol. The third-order valence-corrected chi connectivity index (χ3v) is 5.10. The molecule has 0 fully saturated rings. The molecule has 0 bridgehead atoms. The van der Waals surface area contributed by atoms with Crippen LogP contribution in [0, 0.1) is 5.82 Å². The van der Waals surface area contributed by atoms with Crippen molar-refractivity contribution in [2.75, 3.05) is 6.61 Å². The second kappa shape index (κ2) is 13.1. The van der Waals surface area contributed by atoms with E-state index in [-0.39, 0.29) is 5.82 Å². The van der Waals surface area contributed by atoms with Gasteiger partial charge < -0.3 is 4.74 Å². The molecule has 2 aromatic rings. The molecule has 2 heteroatoms. The normalized spacial score (nSPS) is 12.4. The highest BCUT2D eigenvalue weighted by molar-refractivity contribution is 5.66. The van der Waals surface area contributed by atoms with E-state index in [1.54, 1.807) is 6.07 Å². The van der Waals surface area contributed by atoms with Gasteiger partial charge in [-0.1, -0.05) is 74.4 Å². The van der Waals surface area contributed by atoms with E-state index in [1.165, 1.54) is 18.4 Å². The standard InChI is InChI=1S/C27H35FO/c1-4-6-10-20-29-22(3)12-8-7-9-13-25-18-19-26(21-27(25)28)24-16-14-23(11-5-2)15-17-24/h5,9,13-19,21-22H,2,4,6-8,10-12,20H2,1,3H3/b13-9+. The molecule has 0 amide bonds. The maximum absolute atomic E-state index is 14.5. The van der Waals surface area contributed by atoms with Crippen LogP contribution >= 0.6 is 0 Å². The Hall–Kier alpha value is -2.19. The number of benzene rings is 2. The minimum absolute atomic E-state index is 0.179. The molecule has 2 rings (SSSR count). The van der Waals surface area contributed by atoms with E-state index < -0.39 is 0 Å². The van der Waals surface area contributed by atoms with E-state index >= 15 is 0 Å². The first kappa shape index (κ1) is 23.1. The lowest BCUT2D eigenvalue weighted by Gasteiger charge is -2.12. The van der Waals surface area contributed by atoms with Crippen LogP contribution in [0.4, 0.5) is 4.39 Å². The lowest BCUT2D eigenvalue weighted by atomic mass is 10.0. The second-order valence-corrected chi connectivity index (χ2v) is 7.65. The van der Waals surface area contributed by atoms with E-state index in [4.69, 9.17) is 4.74 Å². The van der Waals surface area contributed by atoms with Gasteiger partial charge in [-0.25, -0.2) is 4.39 Å². The van der Waals surface area contributed by atoms with Gasteiger partial charge >= 0.3 is 0 Å². The van der Waals surface area contributed by atoms with Crippen LogP contribution in [0.3, 0.4) is 0 Å². The van der Waals surface area contributed by atoms with Crippen LogP contribution in [0.1, 0.15) is 63.5 Å². The smallest absolute Gasteiger partial charge is 0.131 e. The summed E-state index contributed by atoms with van der Waals surface area (Å²) in [4.78, 5) is 0.